The Kier molecular flexibility index (Phi) is 2.32. The Morgan fingerprint density at radius 2 is 2.36 bits per heavy atom. The third kappa shape index (κ3) is 1.67. The average Bonchev–Trinajstić information content (AvgIpc) is 2.76. The van der Waals surface area contributed by atoms with Crippen LogP contribution in [0.3, 0.4) is 0 Å². The van der Waals surface area contributed by atoms with Crippen molar-refractivity contribution < 1.29 is 4.42 Å². The summed E-state index contributed by atoms with van der Waals surface area (Å²) in [6.45, 7) is 2.87. The van der Waals surface area contributed by atoms with E-state index in [2.05, 4.69) is 10.2 Å². The van der Waals surface area contributed by atoms with E-state index in [4.69, 9.17) is 10.2 Å². The summed E-state index contributed by atoms with van der Waals surface area (Å²) in [6.07, 6.45) is 1.95. The van der Waals surface area contributed by atoms with E-state index in [1.165, 1.54) is 0 Å². The minimum absolute atomic E-state index is 0.514. The fourth-order valence-corrected chi connectivity index (χ4v) is 1.34. The molecule has 0 spiro atoms. The zero-order valence-corrected chi connectivity index (χ0v) is 7.97. The zero-order chi connectivity index (χ0) is 9.97. The van der Waals surface area contributed by atoms with Crippen LogP contribution in [0, 0.1) is 6.92 Å². The van der Waals surface area contributed by atoms with Crippen molar-refractivity contribution >= 4 is 0 Å². The number of nitrogens with zero attached hydrogens (tertiary/aromatic N) is 3. The van der Waals surface area contributed by atoms with E-state index < -0.39 is 0 Å². The van der Waals surface area contributed by atoms with Crippen LogP contribution in [0.2, 0.25) is 0 Å². The highest BCUT2D eigenvalue weighted by atomic mass is 16.4. The summed E-state index contributed by atoms with van der Waals surface area (Å²) in [5, 5.41) is 7.68. The molecule has 0 radical (unpaired) electrons. The van der Waals surface area contributed by atoms with E-state index in [0.717, 1.165) is 5.69 Å². The molecule has 0 unspecified atom stereocenters. The fraction of sp³-hybridized carbons (Fsp3) is 0.333. The Hall–Kier alpha value is -1.62. The van der Waals surface area contributed by atoms with Crippen LogP contribution in [0.4, 0.5) is 0 Å². The molecule has 0 amide bonds. The predicted octanol–water partition coefficient (Wildman–Crippen LogP) is 0.687. The number of hydrogen-bond donors (Lipinski definition) is 1. The predicted molar refractivity (Wildman–Crippen MR) is 50.5 cm³/mol. The van der Waals surface area contributed by atoms with Gasteiger partial charge in [0, 0.05) is 25.4 Å². The number of rotatable bonds is 3. The normalized spacial score (nSPS) is 10.7. The number of aromatic nitrogens is 3. The van der Waals surface area contributed by atoms with Crippen LogP contribution < -0.4 is 5.73 Å². The molecule has 0 atom stereocenters. The molecule has 74 valence electrons. The van der Waals surface area contributed by atoms with Gasteiger partial charge in [0.05, 0.1) is 0 Å². The topological polar surface area (TPSA) is 69.9 Å². The average molecular weight is 192 g/mol. The number of nitrogens with two attached hydrogens (primary N) is 1. The molecule has 0 aromatic carbocycles. The van der Waals surface area contributed by atoms with E-state index in [0.29, 0.717) is 24.9 Å². The first-order valence-electron chi connectivity index (χ1n) is 4.42. The van der Waals surface area contributed by atoms with Gasteiger partial charge in [-0.05, 0) is 12.1 Å². The van der Waals surface area contributed by atoms with Gasteiger partial charge in [-0.15, -0.1) is 10.2 Å². The zero-order valence-electron chi connectivity index (χ0n) is 7.97. The van der Waals surface area contributed by atoms with Gasteiger partial charge in [-0.1, -0.05) is 0 Å². The Bertz CT molecular complexity index is 418. The third-order valence-electron chi connectivity index (χ3n) is 2.01. The molecule has 0 fully saturated rings. The summed E-state index contributed by atoms with van der Waals surface area (Å²) in [5.41, 5.74) is 6.62. The highest BCUT2D eigenvalue weighted by Crippen LogP contribution is 2.06. The van der Waals surface area contributed by atoms with Crippen molar-refractivity contribution in [1.82, 2.24) is 14.8 Å². The van der Waals surface area contributed by atoms with Crippen LogP contribution >= 0.6 is 0 Å². The molecule has 2 heterocycles. The van der Waals surface area contributed by atoms with Crippen LogP contribution in [-0.2, 0) is 13.1 Å². The van der Waals surface area contributed by atoms with E-state index >= 15 is 0 Å². The molecular weight excluding hydrogens is 180 g/mol. The molecule has 0 saturated carbocycles. The second kappa shape index (κ2) is 3.63. The summed E-state index contributed by atoms with van der Waals surface area (Å²) >= 11 is 0. The van der Waals surface area contributed by atoms with Gasteiger partial charge < -0.3 is 14.7 Å². The smallest absolute Gasteiger partial charge is 0.236 e. The maximum Gasteiger partial charge on any atom is 0.236 e. The van der Waals surface area contributed by atoms with Crippen molar-refractivity contribution in [3.63, 3.8) is 0 Å². The maximum atomic E-state index is 5.57. The van der Waals surface area contributed by atoms with Crippen molar-refractivity contribution in [2.75, 3.05) is 0 Å². The van der Waals surface area contributed by atoms with Gasteiger partial charge in [0.2, 0.25) is 11.8 Å². The lowest BCUT2D eigenvalue weighted by Crippen LogP contribution is -2.07. The van der Waals surface area contributed by atoms with Gasteiger partial charge in [0.15, 0.2) is 0 Å². The van der Waals surface area contributed by atoms with Gasteiger partial charge >= 0.3 is 0 Å². The second-order valence-electron chi connectivity index (χ2n) is 3.05. The van der Waals surface area contributed by atoms with Crippen molar-refractivity contribution in [3.8, 4) is 0 Å². The van der Waals surface area contributed by atoms with Crippen LogP contribution in [0.1, 0.15) is 17.5 Å². The monoisotopic (exact) mass is 192 g/mol. The van der Waals surface area contributed by atoms with Crippen molar-refractivity contribution in [2.45, 2.75) is 20.0 Å². The summed E-state index contributed by atoms with van der Waals surface area (Å²) in [7, 11) is 0. The van der Waals surface area contributed by atoms with Gasteiger partial charge in [0.1, 0.15) is 6.54 Å². The Balaban J connectivity index is 2.18. The highest BCUT2D eigenvalue weighted by Gasteiger charge is 2.05. The molecule has 2 N–H and O–H groups in total. The Morgan fingerprint density at radius 3 is 3.00 bits per heavy atom. The molecule has 0 aliphatic heterocycles. The molecule has 14 heavy (non-hydrogen) atoms. The molecule has 0 aliphatic rings. The summed E-state index contributed by atoms with van der Waals surface area (Å²) in [6, 6.07) is 3.93. The van der Waals surface area contributed by atoms with E-state index in [9.17, 15) is 0 Å². The Labute approximate surface area is 81.5 Å². The van der Waals surface area contributed by atoms with Crippen molar-refractivity contribution in [3.05, 3.63) is 35.8 Å². The maximum absolute atomic E-state index is 5.57. The highest BCUT2D eigenvalue weighted by molar-refractivity contribution is 5.07. The first kappa shape index (κ1) is 8.96. The molecule has 2 rings (SSSR count). The molecule has 0 saturated heterocycles. The fourth-order valence-electron chi connectivity index (χ4n) is 1.34. The molecular formula is C9H12N4O. The van der Waals surface area contributed by atoms with Gasteiger partial charge in [-0.2, -0.15) is 0 Å². The lowest BCUT2D eigenvalue weighted by molar-refractivity contribution is 0.452. The van der Waals surface area contributed by atoms with E-state index in [-0.39, 0.29) is 0 Å². The molecule has 2 aromatic heterocycles. The molecule has 5 nitrogen and oxygen atoms in total. The van der Waals surface area contributed by atoms with Gasteiger partial charge in [-0.25, -0.2) is 0 Å². The molecule has 0 aliphatic carbocycles. The first-order chi connectivity index (χ1) is 6.79. The number of aryl methyl sites for hydroxylation is 1. The lowest BCUT2D eigenvalue weighted by Gasteiger charge is -2.03. The summed E-state index contributed by atoms with van der Waals surface area (Å²) in [4.78, 5) is 0. The minimum Gasteiger partial charge on any atom is -0.424 e. The summed E-state index contributed by atoms with van der Waals surface area (Å²) in [5.74, 6) is 1.19. The SMILES string of the molecule is Cc1nnc(Cn2cccc2CN)o1. The molecule has 2 aromatic rings. The first-order valence-corrected chi connectivity index (χ1v) is 4.42. The van der Waals surface area contributed by atoms with Gasteiger partial charge in [0.25, 0.3) is 0 Å². The quantitative estimate of drug-likeness (QED) is 0.776. The van der Waals surface area contributed by atoms with E-state index in [1.807, 2.05) is 22.9 Å². The van der Waals surface area contributed by atoms with E-state index in [1.54, 1.807) is 6.92 Å². The minimum atomic E-state index is 0.514. The largest absolute Gasteiger partial charge is 0.424 e. The third-order valence-corrected chi connectivity index (χ3v) is 2.01. The van der Waals surface area contributed by atoms with Gasteiger partial charge in [-0.3, -0.25) is 0 Å². The van der Waals surface area contributed by atoms with Crippen molar-refractivity contribution in [1.29, 1.82) is 0 Å². The van der Waals surface area contributed by atoms with Crippen molar-refractivity contribution in [2.24, 2.45) is 5.73 Å². The van der Waals surface area contributed by atoms with Crippen LogP contribution in [0.5, 0.6) is 0 Å². The summed E-state index contributed by atoms with van der Waals surface area (Å²) < 4.78 is 7.27. The standard InChI is InChI=1S/C9H12N4O/c1-7-11-12-9(14-7)6-13-4-2-3-8(13)5-10/h2-4H,5-6,10H2,1H3. The second-order valence-corrected chi connectivity index (χ2v) is 3.05. The van der Waals surface area contributed by atoms with Crippen LogP contribution in [-0.4, -0.2) is 14.8 Å². The van der Waals surface area contributed by atoms with Crippen LogP contribution in [0.25, 0.3) is 0 Å². The number of hydrogen-bond acceptors (Lipinski definition) is 4. The Morgan fingerprint density at radius 1 is 1.50 bits per heavy atom. The van der Waals surface area contributed by atoms with Crippen LogP contribution in [0.15, 0.2) is 22.7 Å². The molecule has 0 bridgehead atoms. The molecule has 5 heteroatoms. The lowest BCUT2D eigenvalue weighted by atomic mass is 10.4.